The number of oxime groups is 1. The molecule has 0 atom stereocenters. The first kappa shape index (κ1) is 16.3. The van der Waals surface area contributed by atoms with E-state index in [9.17, 15) is 0 Å². The van der Waals surface area contributed by atoms with Crippen LogP contribution >= 0.6 is 0 Å². The number of methoxy groups -OCH3 is 1. The van der Waals surface area contributed by atoms with Crippen LogP contribution in [0.25, 0.3) is 0 Å². The SMILES string of the molecule is COCCOCCCN(C)c1ccc(/C(N)=N/O)cc1. The summed E-state index contributed by atoms with van der Waals surface area (Å²) < 4.78 is 10.3. The number of amidine groups is 1. The minimum Gasteiger partial charge on any atom is -0.409 e. The molecule has 0 unspecified atom stereocenters. The quantitative estimate of drug-likeness (QED) is 0.234. The Kier molecular flexibility index (Phi) is 7.46. The molecule has 1 aromatic carbocycles. The Hall–Kier alpha value is -1.79. The molecule has 0 aliphatic heterocycles. The van der Waals surface area contributed by atoms with E-state index in [0.29, 0.717) is 18.8 Å². The van der Waals surface area contributed by atoms with Crippen molar-refractivity contribution in [3.05, 3.63) is 29.8 Å². The van der Waals surface area contributed by atoms with Gasteiger partial charge in [0.15, 0.2) is 5.84 Å². The van der Waals surface area contributed by atoms with Crippen molar-refractivity contribution in [1.82, 2.24) is 0 Å². The van der Waals surface area contributed by atoms with Crippen molar-refractivity contribution in [1.29, 1.82) is 0 Å². The number of nitrogens with two attached hydrogens (primary N) is 1. The lowest BCUT2D eigenvalue weighted by atomic mass is 10.2. The normalized spacial score (nSPS) is 11.6. The van der Waals surface area contributed by atoms with Crippen molar-refractivity contribution >= 4 is 11.5 Å². The van der Waals surface area contributed by atoms with E-state index in [1.165, 1.54) is 0 Å². The molecule has 20 heavy (non-hydrogen) atoms. The van der Waals surface area contributed by atoms with E-state index >= 15 is 0 Å². The zero-order chi connectivity index (χ0) is 14.8. The molecule has 0 fully saturated rings. The Morgan fingerprint density at radius 2 is 1.95 bits per heavy atom. The van der Waals surface area contributed by atoms with Crippen molar-refractivity contribution in [3.63, 3.8) is 0 Å². The van der Waals surface area contributed by atoms with Crippen LogP contribution < -0.4 is 10.6 Å². The third-order valence-corrected chi connectivity index (χ3v) is 2.93. The van der Waals surface area contributed by atoms with Crippen molar-refractivity contribution in [3.8, 4) is 0 Å². The summed E-state index contributed by atoms with van der Waals surface area (Å²) >= 11 is 0. The van der Waals surface area contributed by atoms with Crippen molar-refractivity contribution in [2.45, 2.75) is 6.42 Å². The lowest BCUT2D eigenvalue weighted by Gasteiger charge is -2.19. The second-order valence-electron chi connectivity index (χ2n) is 4.41. The lowest BCUT2D eigenvalue weighted by molar-refractivity contribution is 0.0701. The summed E-state index contributed by atoms with van der Waals surface area (Å²) in [4.78, 5) is 2.13. The minimum atomic E-state index is 0.116. The molecule has 6 nitrogen and oxygen atoms in total. The molecule has 0 spiro atoms. The van der Waals surface area contributed by atoms with Gasteiger partial charge >= 0.3 is 0 Å². The summed E-state index contributed by atoms with van der Waals surface area (Å²) in [7, 11) is 3.68. The second-order valence-corrected chi connectivity index (χ2v) is 4.41. The van der Waals surface area contributed by atoms with Gasteiger partial charge in [-0.3, -0.25) is 0 Å². The van der Waals surface area contributed by atoms with E-state index in [1.54, 1.807) is 7.11 Å². The van der Waals surface area contributed by atoms with Crippen LogP contribution in [0.2, 0.25) is 0 Å². The highest BCUT2D eigenvalue weighted by Gasteiger charge is 2.03. The molecular weight excluding hydrogens is 258 g/mol. The van der Waals surface area contributed by atoms with E-state index < -0.39 is 0 Å². The molecule has 0 saturated carbocycles. The first-order valence-corrected chi connectivity index (χ1v) is 6.54. The molecule has 6 heteroatoms. The number of anilines is 1. The van der Waals surface area contributed by atoms with Gasteiger partial charge in [-0.25, -0.2) is 0 Å². The molecule has 3 N–H and O–H groups in total. The maximum absolute atomic E-state index is 8.60. The maximum Gasteiger partial charge on any atom is 0.170 e. The molecule has 0 bridgehead atoms. The average Bonchev–Trinajstić information content (AvgIpc) is 2.50. The number of rotatable bonds is 9. The Balaban J connectivity index is 2.34. The Morgan fingerprint density at radius 1 is 1.25 bits per heavy atom. The highest BCUT2D eigenvalue weighted by Crippen LogP contribution is 2.14. The van der Waals surface area contributed by atoms with Gasteiger partial charge in [0.2, 0.25) is 0 Å². The molecule has 0 saturated heterocycles. The summed E-state index contributed by atoms with van der Waals surface area (Å²) in [6, 6.07) is 7.55. The summed E-state index contributed by atoms with van der Waals surface area (Å²) in [6.45, 7) is 2.88. The van der Waals surface area contributed by atoms with Crippen LogP contribution in [0.4, 0.5) is 5.69 Å². The van der Waals surface area contributed by atoms with Gasteiger partial charge in [0.1, 0.15) is 0 Å². The largest absolute Gasteiger partial charge is 0.409 e. The van der Waals surface area contributed by atoms with E-state index in [-0.39, 0.29) is 5.84 Å². The van der Waals surface area contributed by atoms with Gasteiger partial charge in [0.05, 0.1) is 13.2 Å². The average molecular weight is 281 g/mol. The fraction of sp³-hybridized carbons (Fsp3) is 0.500. The van der Waals surface area contributed by atoms with Crippen molar-refractivity contribution < 1.29 is 14.7 Å². The summed E-state index contributed by atoms with van der Waals surface area (Å²) in [6.07, 6.45) is 0.947. The standard InChI is InChI=1S/C14H23N3O3/c1-17(8-3-9-20-11-10-19-2)13-6-4-12(5-7-13)14(15)16-18/h4-7,18H,3,8-11H2,1-2H3,(H2,15,16). The van der Waals surface area contributed by atoms with Crippen LogP contribution in [-0.2, 0) is 9.47 Å². The van der Waals surface area contributed by atoms with Gasteiger partial charge in [-0.1, -0.05) is 5.16 Å². The summed E-state index contributed by atoms with van der Waals surface area (Å²) in [5.74, 6) is 0.116. The molecule has 0 aromatic heterocycles. The van der Waals surface area contributed by atoms with Gasteiger partial charge in [-0.2, -0.15) is 0 Å². The highest BCUT2D eigenvalue weighted by atomic mass is 16.5. The van der Waals surface area contributed by atoms with E-state index in [2.05, 4.69) is 10.1 Å². The predicted molar refractivity (Wildman–Crippen MR) is 79.5 cm³/mol. The fourth-order valence-electron chi connectivity index (χ4n) is 1.72. The number of benzene rings is 1. The van der Waals surface area contributed by atoms with Crippen molar-refractivity contribution in [2.75, 3.05) is 45.4 Å². The second kappa shape index (κ2) is 9.17. The fourth-order valence-corrected chi connectivity index (χ4v) is 1.72. The summed E-state index contributed by atoms with van der Waals surface area (Å²) in [5.41, 5.74) is 7.30. The van der Waals surface area contributed by atoms with Gasteiger partial charge in [0.25, 0.3) is 0 Å². The highest BCUT2D eigenvalue weighted by molar-refractivity contribution is 5.97. The van der Waals surface area contributed by atoms with Crippen LogP contribution in [0.5, 0.6) is 0 Å². The summed E-state index contributed by atoms with van der Waals surface area (Å²) in [5, 5.41) is 11.6. The number of hydrogen-bond donors (Lipinski definition) is 2. The van der Waals surface area contributed by atoms with Crippen LogP contribution in [0.1, 0.15) is 12.0 Å². The maximum atomic E-state index is 8.60. The number of ether oxygens (including phenoxy) is 2. The molecule has 0 radical (unpaired) electrons. The monoisotopic (exact) mass is 281 g/mol. The van der Waals surface area contributed by atoms with Crippen LogP contribution in [-0.4, -0.2) is 51.6 Å². The van der Waals surface area contributed by atoms with E-state index in [0.717, 1.165) is 25.3 Å². The third kappa shape index (κ3) is 5.46. The first-order chi connectivity index (χ1) is 9.69. The molecule has 0 amide bonds. The van der Waals surface area contributed by atoms with Gasteiger partial charge < -0.3 is 25.3 Å². The number of nitrogens with zero attached hydrogens (tertiary/aromatic N) is 2. The van der Waals surface area contributed by atoms with E-state index in [1.807, 2.05) is 31.3 Å². The third-order valence-electron chi connectivity index (χ3n) is 2.93. The molecule has 0 aliphatic carbocycles. The minimum absolute atomic E-state index is 0.116. The molecule has 1 rings (SSSR count). The van der Waals surface area contributed by atoms with Gasteiger partial charge in [-0.05, 0) is 30.7 Å². The van der Waals surface area contributed by atoms with E-state index in [4.69, 9.17) is 20.4 Å². The lowest BCUT2D eigenvalue weighted by Crippen LogP contribution is -2.20. The molecule has 1 aromatic rings. The predicted octanol–water partition coefficient (Wildman–Crippen LogP) is 1.27. The van der Waals surface area contributed by atoms with Crippen molar-refractivity contribution in [2.24, 2.45) is 10.9 Å². The molecule has 112 valence electrons. The van der Waals surface area contributed by atoms with Crippen LogP contribution in [0, 0.1) is 0 Å². The van der Waals surface area contributed by atoms with Crippen LogP contribution in [0.3, 0.4) is 0 Å². The zero-order valence-electron chi connectivity index (χ0n) is 12.1. The first-order valence-electron chi connectivity index (χ1n) is 6.54. The zero-order valence-corrected chi connectivity index (χ0v) is 12.1. The Labute approximate surface area is 119 Å². The smallest absolute Gasteiger partial charge is 0.170 e. The Bertz CT molecular complexity index is 407. The van der Waals surface area contributed by atoms with Crippen LogP contribution in [0.15, 0.2) is 29.4 Å². The van der Waals surface area contributed by atoms with Gasteiger partial charge in [0, 0.05) is 38.6 Å². The molecule has 0 heterocycles. The number of hydrogen-bond acceptors (Lipinski definition) is 5. The van der Waals surface area contributed by atoms with Gasteiger partial charge in [-0.15, -0.1) is 0 Å². The molecular formula is C14H23N3O3. The topological polar surface area (TPSA) is 80.3 Å². The Morgan fingerprint density at radius 3 is 2.55 bits per heavy atom. The molecule has 0 aliphatic rings.